The van der Waals surface area contributed by atoms with Gasteiger partial charge < -0.3 is 15.2 Å². The molecule has 1 aromatic rings. The standard InChI is InChI=1S/C13H17NO4/c1-13(2,3)12(17)14-9-7-8(11(15)16)5-6-10(9)18-4/h5-7H,1-4H3,(H,14,17)(H,15,16). The molecule has 0 aliphatic heterocycles. The summed E-state index contributed by atoms with van der Waals surface area (Å²) in [5.74, 6) is -0.829. The van der Waals surface area contributed by atoms with Crippen LogP contribution in [0, 0.1) is 5.41 Å². The maximum atomic E-state index is 11.9. The zero-order chi connectivity index (χ0) is 13.9. The summed E-state index contributed by atoms with van der Waals surface area (Å²) < 4.78 is 5.09. The topological polar surface area (TPSA) is 75.6 Å². The Bertz CT molecular complexity index is 474. The van der Waals surface area contributed by atoms with E-state index in [2.05, 4.69) is 5.32 Å². The van der Waals surface area contributed by atoms with Gasteiger partial charge in [-0.3, -0.25) is 4.79 Å². The van der Waals surface area contributed by atoms with Crippen LogP contribution in [0.4, 0.5) is 5.69 Å². The van der Waals surface area contributed by atoms with Crippen molar-refractivity contribution < 1.29 is 19.4 Å². The summed E-state index contributed by atoms with van der Waals surface area (Å²) in [6.07, 6.45) is 0. The fourth-order valence-corrected chi connectivity index (χ4v) is 1.25. The average Bonchev–Trinajstić information content (AvgIpc) is 2.27. The Labute approximate surface area is 106 Å². The van der Waals surface area contributed by atoms with Crippen LogP contribution >= 0.6 is 0 Å². The van der Waals surface area contributed by atoms with Crippen molar-refractivity contribution in [1.82, 2.24) is 0 Å². The van der Waals surface area contributed by atoms with Crippen molar-refractivity contribution in [3.8, 4) is 5.75 Å². The van der Waals surface area contributed by atoms with Gasteiger partial charge in [0.2, 0.25) is 5.91 Å². The lowest BCUT2D eigenvalue weighted by molar-refractivity contribution is -0.123. The second-order valence-electron chi connectivity index (χ2n) is 4.92. The number of carbonyl (C=O) groups excluding carboxylic acids is 1. The molecule has 98 valence electrons. The largest absolute Gasteiger partial charge is 0.495 e. The van der Waals surface area contributed by atoms with E-state index in [1.54, 1.807) is 20.8 Å². The molecule has 0 atom stereocenters. The highest BCUT2D eigenvalue weighted by Crippen LogP contribution is 2.27. The first kappa shape index (κ1) is 14.0. The summed E-state index contributed by atoms with van der Waals surface area (Å²) in [5.41, 5.74) is -0.109. The highest BCUT2D eigenvalue weighted by Gasteiger charge is 2.22. The van der Waals surface area contributed by atoms with E-state index in [1.165, 1.54) is 25.3 Å². The van der Waals surface area contributed by atoms with Crippen LogP contribution in [-0.2, 0) is 4.79 Å². The van der Waals surface area contributed by atoms with Crippen LogP contribution in [0.1, 0.15) is 31.1 Å². The molecule has 5 heteroatoms. The number of methoxy groups -OCH3 is 1. The van der Waals surface area contributed by atoms with Gasteiger partial charge in [0.05, 0.1) is 18.4 Å². The lowest BCUT2D eigenvalue weighted by atomic mass is 9.95. The number of benzene rings is 1. The zero-order valence-corrected chi connectivity index (χ0v) is 10.9. The van der Waals surface area contributed by atoms with Crippen LogP contribution in [-0.4, -0.2) is 24.1 Å². The number of aromatic carboxylic acids is 1. The summed E-state index contributed by atoms with van der Waals surface area (Å²) in [7, 11) is 1.46. The molecular weight excluding hydrogens is 234 g/mol. The Morgan fingerprint density at radius 1 is 1.28 bits per heavy atom. The molecule has 5 nitrogen and oxygen atoms in total. The van der Waals surface area contributed by atoms with Crippen LogP contribution in [0.15, 0.2) is 18.2 Å². The molecule has 0 aliphatic carbocycles. The molecule has 0 spiro atoms. The quantitative estimate of drug-likeness (QED) is 0.864. The second kappa shape index (κ2) is 5.08. The van der Waals surface area contributed by atoms with E-state index in [0.717, 1.165) is 0 Å². The van der Waals surface area contributed by atoms with Crippen LogP contribution < -0.4 is 10.1 Å². The lowest BCUT2D eigenvalue weighted by Gasteiger charge is -2.19. The molecule has 0 aromatic heterocycles. The monoisotopic (exact) mass is 251 g/mol. The number of carboxylic acids is 1. The molecule has 18 heavy (non-hydrogen) atoms. The lowest BCUT2D eigenvalue weighted by Crippen LogP contribution is -2.27. The first-order chi connectivity index (χ1) is 8.25. The molecule has 0 saturated heterocycles. The number of anilines is 1. The van der Waals surface area contributed by atoms with Gasteiger partial charge in [-0.25, -0.2) is 4.79 Å². The van der Waals surface area contributed by atoms with Crippen LogP contribution in [0.2, 0.25) is 0 Å². The maximum Gasteiger partial charge on any atom is 0.335 e. The van der Waals surface area contributed by atoms with Crippen LogP contribution in [0.5, 0.6) is 5.75 Å². The van der Waals surface area contributed by atoms with Crippen molar-refractivity contribution >= 4 is 17.6 Å². The number of ether oxygens (including phenoxy) is 1. The number of nitrogens with one attached hydrogen (secondary N) is 1. The number of amides is 1. The molecule has 1 aromatic carbocycles. The molecule has 2 N–H and O–H groups in total. The van der Waals surface area contributed by atoms with Gasteiger partial charge in [0, 0.05) is 5.41 Å². The van der Waals surface area contributed by atoms with Gasteiger partial charge >= 0.3 is 5.97 Å². The highest BCUT2D eigenvalue weighted by molar-refractivity contribution is 5.97. The van der Waals surface area contributed by atoms with Gasteiger partial charge in [-0.1, -0.05) is 20.8 Å². The Balaban J connectivity index is 3.09. The third-order valence-corrected chi connectivity index (χ3v) is 2.38. The molecule has 0 radical (unpaired) electrons. The number of carboxylic acid groups (broad SMARTS) is 1. The summed E-state index contributed by atoms with van der Waals surface area (Å²) in [6.45, 7) is 5.32. The minimum atomic E-state index is -1.05. The molecule has 0 bridgehead atoms. The molecular formula is C13H17NO4. The second-order valence-corrected chi connectivity index (χ2v) is 4.92. The normalized spacial score (nSPS) is 10.9. The van der Waals surface area contributed by atoms with Crippen molar-refractivity contribution in [3.05, 3.63) is 23.8 Å². The number of hydrogen-bond acceptors (Lipinski definition) is 3. The van der Waals surface area contributed by atoms with E-state index < -0.39 is 11.4 Å². The van der Waals surface area contributed by atoms with Gasteiger partial charge in [0.1, 0.15) is 5.75 Å². The molecule has 0 fully saturated rings. The maximum absolute atomic E-state index is 11.9. The molecule has 0 saturated carbocycles. The average molecular weight is 251 g/mol. The van der Waals surface area contributed by atoms with E-state index >= 15 is 0 Å². The number of rotatable bonds is 3. The van der Waals surface area contributed by atoms with Gasteiger partial charge in [-0.15, -0.1) is 0 Å². The van der Waals surface area contributed by atoms with Crippen LogP contribution in [0.3, 0.4) is 0 Å². The van der Waals surface area contributed by atoms with Crippen LogP contribution in [0.25, 0.3) is 0 Å². The smallest absolute Gasteiger partial charge is 0.335 e. The van der Waals surface area contributed by atoms with E-state index in [4.69, 9.17) is 9.84 Å². The molecule has 0 heterocycles. The molecule has 0 unspecified atom stereocenters. The van der Waals surface area contributed by atoms with Gasteiger partial charge in [0.15, 0.2) is 0 Å². The predicted octanol–water partition coefficient (Wildman–Crippen LogP) is 2.38. The summed E-state index contributed by atoms with van der Waals surface area (Å²) in [4.78, 5) is 22.8. The molecule has 1 amide bonds. The van der Waals surface area contributed by atoms with Crippen molar-refractivity contribution in [1.29, 1.82) is 0 Å². The minimum Gasteiger partial charge on any atom is -0.495 e. The van der Waals surface area contributed by atoms with Gasteiger partial charge in [-0.2, -0.15) is 0 Å². The predicted molar refractivity (Wildman–Crippen MR) is 68.0 cm³/mol. The van der Waals surface area contributed by atoms with Gasteiger partial charge in [0.25, 0.3) is 0 Å². The van der Waals surface area contributed by atoms with Crippen molar-refractivity contribution in [2.45, 2.75) is 20.8 Å². The highest BCUT2D eigenvalue weighted by atomic mass is 16.5. The third kappa shape index (κ3) is 3.23. The Hall–Kier alpha value is -2.04. The Morgan fingerprint density at radius 3 is 2.33 bits per heavy atom. The molecule has 0 aliphatic rings. The zero-order valence-electron chi connectivity index (χ0n) is 10.9. The number of carbonyl (C=O) groups is 2. The first-order valence-electron chi connectivity index (χ1n) is 5.48. The van der Waals surface area contributed by atoms with E-state index in [-0.39, 0.29) is 11.5 Å². The van der Waals surface area contributed by atoms with E-state index in [9.17, 15) is 9.59 Å². The minimum absolute atomic E-state index is 0.0972. The van der Waals surface area contributed by atoms with Crippen molar-refractivity contribution in [3.63, 3.8) is 0 Å². The summed E-state index contributed by atoms with van der Waals surface area (Å²) >= 11 is 0. The Morgan fingerprint density at radius 2 is 1.89 bits per heavy atom. The first-order valence-corrected chi connectivity index (χ1v) is 5.48. The Kier molecular flexibility index (Phi) is 3.96. The van der Waals surface area contributed by atoms with Crippen molar-refractivity contribution in [2.75, 3.05) is 12.4 Å². The van der Waals surface area contributed by atoms with E-state index in [1.807, 2.05) is 0 Å². The van der Waals surface area contributed by atoms with E-state index in [0.29, 0.717) is 11.4 Å². The fraction of sp³-hybridized carbons (Fsp3) is 0.385. The number of hydrogen-bond donors (Lipinski definition) is 2. The summed E-state index contributed by atoms with van der Waals surface area (Å²) in [6, 6.07) is 4.32. The fourth-order valence-electron chi connectivity index (χ4n) is 1.25. The van der Waals surface area contributed by atoms with Crippen molar-refractivity contribution in [2.24, 2.45) is 5.41 Å². The SMILES string of the molecule is COc1ccc(C(=O)O)cc1NC(=O)C(C)(C)C. The third-order valence-electron chi connectivity index (χ3n) is 2.38. The summed E-state index contributed by atoms with van der Waals surface area (Å²) in [5, 5.41) is 11.6. The molecule has 1 rings (SSSR count). The van der Waals surface area contributed by atoms with Gasteiger partial charge in [-0.05, 0) is 18.2 Å².